The number of benzene rings is 2. The summed E-state index contributed by atoms with van der Waals surface area (Å²) in [6.07, 6.45) is 0. The Kier molecular flexibility index (Phi) is 4.07. The maximum atomic E-state index is 12.0. The molecule has 0 amide bonds. The standard InChI is InChI=1S/C19H18N4OS/c1-13-9-18(24)23-19(20-13)25-17(21-23)12-22(2)11-14-7-8-15-5-3-4-6-16(15)10-14/h3-10H,11-12H2,1-2H3/p+1. The van der Waals surface area contributed by atoms with Gasteiger partial charge in [0.05, 0.1) is 7.05 Å². The smallest absolute Gasteiger partial charge is 0.275 e. The van der Waals surface area contributed by atoms with E-state index in [1.54, 1.807) is 0 Å². The summed E-state index contributed by atoms with van der Waals surface area (Å²) in [7, 11) is 2.14. The maximum absolute atomic E-state index is 12.0. The van der Waals surface area contributed by atoms with Gasteiger partial charge in [-0.3, -0.25) is 4.79 Å². The summed E-state index contributed by atoms with van der Waals surface area (Å²) >= 11 is 1.49. The Balaban J connectivity index is 1.54. The quantitative estimate of drug-likeness (QED) is 0.610. The second-order valence-electron chi connectivity index (χ2n) is 6.42. The van der Waals surface area contributed by atoms with Gasteiger partial charge in [-0.25, -0.2) is 4.98 Å². The van der Waals surface area contributed by atoms with Crippen molar-refractivity contribution in [3.63, 3.8) is 0 Å². The first-order valence-electron chi connectivity index (χ1n) is 8.24. The average molecular weight is 351 g/mol. The molecule has 0 fully saturated rings. The number of hydrogen-bond donors (Lipinski definition) is 1. The number of nitrogens with one attached hydrogen (secondary N) is 1. The van der Waals surface area contributed by atoms with Crippen LogP contribution in [0.3, 0.4) is 0 Å². The van der Waals surface area contributed by atoms with Crippen LogP contribution >= 0.6 is 11.3 Å². The lowest BCUT2D eigenvalue weighted by Crippen LogP contribution is -3.06. The van der Waals surface area contributed by atoms with Gasteiger partial charge in [-0.1, -0.05) is 47.7 Å². The van der Waals surface area contributed by atoms with Crippen molar-refractivity contribution in [2.75, 3.05) is 7.05 Å². The molecule has 2 aromatic carbocycles. The van der Waals surface area contributed by atoms with Crippen LogP contribution in [-0.4, -0.2) is 21.6 Å². The van der Waals surface area contributed by atoms with Crippen LogP contribution < -0.4 is 10.5 Å². The fourth-order valence-corrected chi connectivity index (χ4v) is 4.11. The fourth-order valence-electron chi connectivity index (χ4n) is 3.05. The molecular formula is C19H19N4OS+. The molecule has 126 valence electrons. The third kappa shape index (κ3) is 3.31. The predicted molar refractivity (Wildman–Crippen MR) is 100 cm³/mol. The first kappa shape index (κ1) is 15.9. The van der Waals surface area contributed by atoms with Crippen molar-refractivity contribution in [1.82, 2.24) is 14.6 Å². The average Bonchev–Trinajstić information content (AvgIpc) is 2.97. The molecular weight excluding hydrogens is 332 g/mol. The predicted octanol–water partition coefficient (Wildman–Crippen LogP) is 1.83. The molecule has 0 saturated carbocycles. The van der Waals surface area contributed by atoms with Crippen LogP contribution in [0, 0.1) is 6.92 Å². The Morgan fingerprint density at radius 3 is 2.72 bits per heavy atom. The van der Waals surface area contributed by atoms with Gasteiger partial charge in [0, 0.05) is 17.3 Å². The number of rotatable bonds is 4. The number of nitrogens with zero attached hydrogens (tertiary/aromatic N) is 3. The summed E-state index contributed by atoms with van der Waals surface area (Å²) in [4.78, 5) is 18.4. The third-order valence-electron chi connectivity index (χ3n) is 4.19. The van der Waals surface area contributed by atoms with Crippen molar-refractivity contribution < 1.29 is 4.90 Å². The molecule has 0 saturated heterocycles. The first-order valence-corrected chi connectivity index (χ1v) is 9.05. The third-order valence-corrected chi connectivity index (χ3v) is 5.10. The van der Waals surface area contributed by atoms with E-state index >= 15 is 0 Å². The van der Waals surface area contributed by atoms with Crippen molar-refractivity contribution in [1.29, 1.82) is 0 Å². The summed E-state index contributed by atoms with van der Waals surface area (Å²) in [5, 5.41) is 7.87. The topological polar surface area (TPSA) is 51.7 Å². The van der Waals surface area contributed by atoms with Crippen LogP contribution in [-0.2, 0) is 13.1 Å². The SMILES string of the molecule is Cc1cc(=O)n2nc(C[NH+](C)Cc3ccc4ccccc4c3)sc2n1. The van der Waals surface area contributed by atoms with E-state index < -0.39 is 0 Å². The Bertz CT molecular complexity index is 1120. The summed E-state index contributed by atoms with van der Waals surface area (Å²) in [6, 6.07) is 16.5. The van der Waals surface area contributed by atoms with Gasteiger partial charge in [0.25, 0.3) is 5.56 Å². The molecule has 25 heavy (non-hydrogen) atoms. The Labute approximate surface area is 149 Å². The molecule has 0 spiro atoms. The molecule has 0 aliphatic carbocycles. The zero-order chi connectivity index (χ0) is 17.4. The Morgan fingerprint density at radius 1 is 1.08 bits per heavy atom. The molecule has 4 aromatic rings. The summed E-state index contributed by atoms with van der Waals surface area (Å²) in [5.74, 6) is 0. The number of aromatic nitrogens is 3. The minimum Gasteiger partial charge on any atom is -0.328 e. The van der Waals surface area contributed by atoms with E-state index in [1.165, 1.54) is 43.2 Å². The molecule has 6 heteroatoms. The number of fused-ring (bicyclic) bond motifs is 2. The number of quaternary nitrogens is 1. The lowest BCUT2D eigenvalue weighted by atomic mass is 10.1. The molecule has 2 heterocycles. The van der Waals surface area contributed by atoms with Crippen molar-refractivity contribution in [2.45, 2.75) is 20.0 Å². The second-order valence-corrected chi connectivity index (χ2v) is 7.46. The number of hydrogen-bond acceptors (Lipinski definition) is 4. The monoisotopic (exact) mass is 351 g/mol. The van der Waals surface area contributed by atoms with Crippen molar-refractivity contribution >= 4 is 27.1 Å². The largest absolute Gasteiger partial charge is 0.328 e. The lowest BCUT2D eigenvalue weighted by Gasteiger charge is -2.12. The van der Waals surface area contributed by atoms with Crippen LogP contribution in [0.15, 0.2) is 53.3 Å². The summed E-state index contributed by atoms with van der Waals surface area (Å²) in [5.41, 5.74) is 1.91. The molecule has 1 unspecified atom stereocenters. The van der Waals surface area contributed by atoms with Gasteiger partial charge in [-0.05, 0) is 23.8 Å². The van der Waals surface area contributed by atoms with Crippen LogP contribution in [0.5, 0.6) is 0 Å². The highest BCUT2D eigenvalue weighted by Crippen LogP contribution is 2.15. The van der Waals surface area contributed by atoms with Gasteiger partial charge in [0.15, 0.2) is 5.01 Å². The molecule has 5 nitrogen and oxygen atoms in total. The van der Waals surface area contributed by atoms with Crippen molar-refractivity contribution in [2.24, 2.45) is 0 Å². The van der Waals surface area contributed by atoms with E-state index in [4.69, 9.17) is 0 Å². The van der Waals surface area contributed by atoms with E-state index in [9.17, 15) is 4.79 Å². The molecule has 0 aliphatic heterocycles. The van der Waals surface area contributed by atoms with Crippen molar-refractivity contribution in [3.05, 3.63) is 75.1 Å². The molecule has 2 aromatic heterocycles. The molecule has 0 aliphatic rings. The van der Waals surface area contributed by atoms with Gasteiger partial charge in [-0.15, -0.1) is 0 Å². The van der Waals surface area contributed by atoms with Gasteiger partial charge >= 0.3 is 0 Å². The van der Waals surface area contributed by atoms with Crippen LogP contribution in [0.25, 0.3) is 15.7 Å². The fraction of sp³-hybridized carbons (Fsp3) is 0.211. The van der Waals surface area contributed by atoms with E-state index in [1.807, 2.05) is 6.92 Å². The Hall–Kier alpha value is -2.57. The highest BCUT2D eigenvalue weighted by atomic mass is 32.1. The van der Waals surface area contributed by atoms with E-state index in [0.717, 1.165) is 23.8 Å². The molecule has 4 rings (SSSR count). The van der Waals surface area contributed by atoms with Gasteiger partial charge in [-0.2, -0.15) is 9.61 Å². The minimum atomic E-state index is -0.114. The van der Waals surface area contributed by atoms with Crippen LogP contribution in [0.2, 0.25) is 0 Å². The Morgan fingerprint density at radius 2 is 1.88 bits per heavy atom. The van der Waals surface area contributed by atoms with E-state index in [2.05, 4.69) is 59.6 Å². The van der Waals surface area contributed by atoms with Gasteiger partial charge in [0.1, 0.15) is 13.1 Å². The number of aryl methyl sites for hydroxylation is 1. The normalized spacial score (nSPS) is 12.7. The molecule has 0 bridgehead atoms. The second kappa shape index (κ2) is 6.38. The highest BCUT2D eigenvalue weighted by Gasteiger charge is 2.12. The minimum absolute atomic E-state index is 0.114. The van der Waals surface area contributed by atoms with Gasteiger partial charge < -0.3 is 4.90 Å². The van der Waals surface area contributed by atoms with Gasteiger partial charge in [0.2, 0.25) is 4.96 Å². The zero-order valence-electron chi connectivity index (χ0n) is 14.2. The summed E-state index contributed by atoms with van der Waals surface area (Å²) < 4.78 is 1.40. The van der Waals surface area contributed by atoms with E-state index in [0.29, 0.717) is 4.96 Å². The first-order chi connectivity index (χ1) is 12.1. The molecule has 0 radical (unpaired) electrons. The van der Waals surface area contributed by atoms with Crippen molar-refractivity contribution in [3.8, 4) is 0 Å². The maximum Gasteiger partial charge on any atom is 0.275 e. The zero-order valence-corrected chi connectivity index (χ0v) is 15.0. The van der Waals surface area contributed by atoms with Crippen LogP contribution in [0.4, 0.5) is 0 Å². The van der Waals surface area contributed by atoms with E-state index in [-0.39, 0.29) is 5.56 Å². The van der Waals surface area contributed by atoms with Crippen LogP contribution in [0.1, 0.15) is 16.3 Å². The molecule has 1 N–H and O–H groups in total. The highest BCUT2D eigenvalue weighted by molar-refractivity contribution is 7.16. The summed E-state index contributed by atoms with van der Waals surface area (Å²) in [6.45, 7) is 3.50. The molecule has 1 atom stereocenters. The lowest BCUT2D eigenvalue weighted by molar-refractivity contribution is -0.907.